The number of hydrogen-bond donors (Lipinski definition) is 1. The van der Waals surface area contributed by atoms with E-state index < -0.39 is 14.2 Å². The van der Waals surface area contributed by atoms with Crippen LogP contribution in [0, 0.1) is 0 Å². The lowest BCUT2D eigenvalue weighted by atomic mass is 10.2. The Balaban J connectivity index is 2.41. The average molecular weight is 400 g/mol. The fourth-order valence-corrected chi connectivity index (χ4v) is 6.29. The second kappa shape index (κ2) is 12.0. The lowest BCUT2D eigenvalue weighted by Gasteiger charge is -2.38. The number of nitrogens with zero attached hydrogens (tertiary/aromatic N) is 1. The predicted octanol–water partition coefficient (Wildman–Crippen LogP) is 5.04. The van der Waals surface area contributed by atoms with Gasteiger partial charge in [-0.3, -0.25) is 4.79 Å². The van der Waals surface area contributed by atoms with Gasteiger partial charge in [0.25, 0.3) is 0 Å². The lowest BCUT2D eigenvalue weighted by Crippen LogP contribution is -2.55. The van der Waals surface area contributed by atoms with Crippen molar-refractivity contribution >= 4 is 37.7 Å². The summed E-state index contributed by atoms with van der Waals surface area (Å²) in [5, 5.41) is 9.67. The van der Waals surface area contributed by atoms with E-state index in [1.54, 1.807) is 11.8 Å². The second-order valence-corrected chi connectivity index (χ2v) is 14.3. The van der Waals surface area contributed by atoms with E-state index in [2.05, 4.69) is 54.5 Å². The van der Waals surface area contributed by atoms with Gasteiger partial charge in [0.1, 0.15) is 14.3 Å². The van der Waals surface area contributed by atoms with E-state index in [1.807, 2.05) is 18.0 Å². The van der Waals surface area contributed by atoms with Gasteiger partial charge in [-0.05, 0) is 49.1 Å². The number of carbonyl (C=O) groups is 1. The first-order valence-corrected chi connectivity index (χ1v) is 15.0. The van der Waals surface area contributed by atoms with Crippen LogP contribution in [0.1, 0.15) is 24.8 Å². The van der Waals surface area contributed by atoms with Crippen molar-refractivity contribution in [3.8, 4) is 0 Å². The molecule has 0 amide bonds. The van der Waals surface area contributed by atoms with E-state index >= 15 is 0 Å². The molecular weight excluding hydrogens is 366 g/mol. The monoisotopic (exact) mass is 399 g/mol. The molecule has 1 aromatic carbocycles. The molecule has 142 valence electrons. The molecule has 1 N–H and O–H groups in total. The standard InChI is InChI=1S/C19H33NO2S2Si/c1-23-15-12-18(19(21)22)20(25(2,3)4)13-8-9-14-24-16-17-10-6-5-7-11-17/h5-7,10-11,18H,8-9,12-16H2,1-4H3,(H,21,22)/t18-/m0/s1. The Bertz CT molecular complexity index is 494. The fourth-order valence-electron chi connectivity index (χ4n) is 2.85. The molecule has 0 unspecified atom stereocenters. The third-order valence-electron chi connectivity index (χ3n) is 4.17. The highest BCUT2D eigenvalue weighted by molar-refractivity contribution is 7.98. The molecule has 0 heterocycles. The van der Waals surface area contributed by atoms with Crippen LogP contribution in [0.15, 0.2) is 30.3 Å². The maximum atomic E-state index is 11.8. The summed E-state index contributed by atoms with van der Waals surface area (Å²) in [6, 6.07) is 10.2. The SMILES string of the molecule is CSCC[C@@H](C(=O)O)N(CCCCSCc1ccccc1)[Si](C)(C)C. The largest absolute Gasteiger partial charge is 0.480 e. The molecule has 0 saturated carbocycles. The number of carboxylic acid groups (broad SMARTS) is 1. The summed E-state index contributed by atoms with van der Waals surface area (Å²) < 4.78 is 2.31. The number of thioether (sulfide) groups is 2. The first-order valence-electron chi connectivity index (χ1n) is 8.96. The Morgan fingerprint density at radius 3 is 2.40 bits per heavy atom. The first kappa shape index (κ1) is 22.6. The van der Waals surface area contributed by atoms with Crippen LogP contribution in [0.25, 0.3) is 0 Å². The predicted molar refractivity (Wildman–Crippen MR) is 116 cm³/mol. The van der Waals surface area contributed by atoms with Crippen molar-refractivity contribution < 1.29 is 9.90 Å². The molecule has 0 aromatic heterocycles. The van der Waals surface area contributed by atoms with Crippen LogP contribution < -0.4 is 0 Å². The number of carboxylic acids is 1. The van der Waals surface area contributed by atoms with Gasteiger partial charge in [0, 0.05) is 5.75 Å². The first-order chi connectivity index (χ1) is 11.9. The van der Waals surface area contributed by atoms with E-state index in [1.165, 1.54) is 5.56 Å². The third-order valence-corrected chi connectivity index (χ3v) is 8.18. The van der Waals surface area contributed by atoms with Gasteiger partial charge in [0.05, 0.1) is 0 Å². The van der Waals surface area contributed by atoms with E-state index in [0.717, 1.165) is 43.1 Å². The molecule has 1 aromatic rings. The molecule has 0 aliphatic heterocycles. The molecule has 3 nitrogen and oxygen atoms in total. The zero-order valence-electron chi connectivity index (χ0n) is 16.0. The summed E-state index contributed by atoms with van der Waals surface area (Å²) in [6.07, 6.45) is 5.01. The Hall–Kier alpha value is -0.433. The molecule has 1 atom stereocenters. The Kier molecular flexibility index (Phi) is 10.9. The third kappa shape index (κ3) is 9.17. The van der Waals surface area contributed by atoms with Gasteiger partial charge in [-0.1, -0.05) is 50.0 Å². The Morgan fingerprint density at radius 2 is 1.84 bits per heavy atom. The van der Waals surface area contributed by atoms with Crippen molar-refractivity contribution in [1.82, 2.24) is 4.57 Å². The van der Waals surface area contributed by atoms with Gasteiger partial charge in [-0.15, -0.1) is 0 Å². The molecule has 0 fully saturated rings. The molecule has 1 rings (SSSR count). The van der Waals surface area contributed by atoms with Crippen LogP contribution >= 0.6 is 23.5 Å². The van der Waals surface area contributed by atoms with Gasteiger partial charge in [-0.25, -0.2) is 0 Å². The highest BCUT2D eigenvalue weighted by Gasteiger charge is 2.33. The van der Waals surface area contributed by atoms with Crippen LogP contribution in [-0.4, -0.2) is 54.2 Å². The summed E-state index contributed by atoms with van der Waals surface area (Å²) in [4.78, 5) is 11.8. The van der Waals surface area contributed by atoms with Gasteiger partial charge >= 0.3 is 5.97 Å². The second-order valence-electron chi connectivity index (χ2n) is 7.25. The molecule has 0 saturated heterocycles. The van der Waals surface area contributed by atoms with Gasteiger partial charge < -0.3 is 9.67 Å². The summed E-state index contributed by atoms with van der Waals surface area (Å²) in [6.45, 7) is 7.68. The van der Waals surface area contributed by atoms with Crippen LogP contribution in [-0.2, 0) is 10.5 Å². The van der Waals surface area contributed by atoms with Crippen LogP contribution in [0.2, 0.25) is 19.6 Å². The summed E-state index contributed by atoms with van der Waals surface area (Å²) >= 11 is 3.70. The minimum atomic E-state index is -1.65. The molecule has 0 aliphatic rings. The van der Waals surface area contributed by atoms with Crippen molar-refractivity contribution in [2.24, 2.45) is 0 Å². The highest BCUT2D eigenvalue weighted by atomic mass is 32.2. The Morgan fingerprint density at radius 1 is 1.16 bits per heavy atom. The molecule has 6 heteroatoms. The fraction of sp³-hybridized carbons (Fsp3) is 0.632. The normalized spacial score (nSPS) is 13.2. The smallest absolute Gasteiger partial charge is 0.320 e. The zero-order chi connectivity index (χ0) is 18.7. The maximum absolute atomic E-state index is 11.8. The van der Waals surface area contributed by atoms with E-state index in [-0.39, 0.29) is 6.04 Å². The number of rotatable bonds is 13. The van der Waals surface area contributed by atoms with E-state index in [0.29, 0.717) is 0 Å². The molecule has 0 bridgehead atoms. The molecular formula is C19H33NO2S2Si. The topological polar surface area (TPSA) is 40.5 Å². The zero-order valence-corrected chi connectivity index (χ0v) is 18.7. The number of hydrogen-bond acceptors (Lipinski definition) is 4. The summed E-state index contributed by atoms with van der Waals surface area (Å²) in [7, 11) is -1.65. The van der Waals surface area contributed by atoms with Gasteiger partial charge in [0.2, 0.25) is 0 Å². The number of aliphatic carboxylic acids is 1. The molecule has 0 radical (unpaired) electrons. The van der Waals surface area contributed by atoms with Crippen molar-refractivity contribution in [2.45, 2.75) is 50.7 Å². The molecule has 0 aliphatic carbocycles. The van der Waals surface area contributed by atoms with Crippen molar-refractivity contribution in [1.29, 1.82) is 0 Å². The maximum Gasteiger partial charge on any atom is 0.320 e. The lowest BCUT2D eigenvalue weighted by molar-refractivity contribution is -0.141. The summed E-state index contributed by atoms with van der Waals surface area (Å²) in [5.74, 6) is 2.45. The van der Waals surface area contributed by atoms with E-state index in [9.17, 15) is 9.90 Å². The quantitative estimate of drug-likeness (QED) is 0.371. The number of unbranched alkanes of at least 4 members (excludes halogenated alkanes) is 1. The number of benzene rings is 1. The summed E-state index contributed by atoms with van der Waals surface area (Å²) in [5.41, 5.74) is 1.37. The highest BCUT2D eigenvalue weighted by Crippen LogP contribution is 2.20. The Labute approximate surface area is 163 Å². The van der Waals surface area contributed by atoms with Crippen LogP contribution in [0.3, 0.4) is 0 Å². The minimum absolute atomic E-state index is 0.323. The van der Waals surface area contributed by atoms with Gasteiger partial charge in [-0.2, -0.15) is 23.5 Å². The minimum Gasteiger partial charge on any atom is -0.480 e. The van der Waals surface area contributed by atoms with E-state index in [4.69, 9.17) is 0 Å². The van der Waals surface area contributed by atoms with Crippen LogP contribution in [0.4, 0.5) is 0 Å². The van der Waals surface area contributed by atoms with Crippen molar-refractivity contribution in [3.05, 3.63) is 35.9 Å². The average Bonchev–Trinajstić information content (AvgIpc) is 2.55. The van der Waals surface area contributed by atoms with Crippen molar-refractivity contribution in [2.75, 3.05) is 24.3 Å². The molecule has 0 spiro atoms. The van der Waals surface area contributed by atoms with Crippen LogP contribution in [0.5, 0.6) is 0 Å². The molecule has 25 heavy (non-hydrogen) atoms. The van der Waals surface area contributed by atoms with Crippen molar-refractivity contribution in [3.63, 3.8) is 0 Å². The van der Waals surface area contributed by atoms with Gasteiger partial charge in [0.15, 0.2) is 0 Å².